The zero-order valence-electron chi connectivity index (χ0n) is 8.37. The Morgan fingerprint density at radius 1 is 1.73 bits per heavy atom. The number of hydrogen-bond donors (Lipinski definition) is 0. The molecule has 0 bridgehead atoms. The van der Waals surface area contributed by atoms with Crippen LogP contribution in [0.25, 0.3) is 0 Å². The van der Waals surface area contributed by atoms with E-state index in [1.807, 2.05) is 6.07 Å². The summed E-state index contributed by atoms with van der Waals surface area (Å²) in [5, 5.41) is 8.91. The predicted octanol–water partition coefficient (Wildman–Crippen LogP) is 2.09. The molecule has 0 unspecified atom stereocenters. The van der Waals surface area contributed by atoms with Gasteiger partial charge in [-0.1, -0.05) is 11.6 Å². The van der Waals surface area contributed by atoms with E-state index in [-0.39, 0.29) is 22.8 Å². The van der Waals surface area contributed by atoms with Crippen molar-refractivity contribution in [2.24, 2.45) is 0 Å². The molecule has 5 heteroatoms. The van der Waals surface area contributed by atoms with Crippen LogP contribution >= 0.6 is 11.6 Å². The summed E-state index contributed by atoms with van der Waals surface area (Å²) in [5.41, 5.74) is 0.832. The molecule has 4 nitrogen and oxygen atoms in total. The van der Waals surface area contributed by atoms with Gasteiger partial charge in [0.2, 0.25) is 0 Å². The summed E-state index contributed by atoms with van der Waals surface area (Å²) in [6, 6.07) is 1.90. The molecule has 0 radical (unpaired) electrons. The minimum Gasteiger partial charge on any atom is -0.462 e. The number of nitriles is 1. The van der Waals surface area contributed by atoms with E-state index in [1.165, 1.54) is 6.20 Å². The maximum atomic E-state index is 11.4. The summed E-state index contributed by atoms with van der Waals surface area (Å²) in [5.74, 6) is -0.563. The lowest BCUT2D eigenvalue weighted by Gasteiger charge is -2.05. The number of carbonyl (C=O) groups excluding carboxylic acids is 1. The van der Waals surface area contributed by atoms with Crippen molar-refractivity contribution < 1.29 is 9.53 Å². The van der Waals surface area contributed by atoms with Crippen molar-refractivity contribution in [3.63, 3.8) is 0 Å². The van der Waals surface area contributed by atoms with Crippen LogP contribution in [0, 0.1) is 18.3 Å². The third-order valence-corrected chi connectivity index (χ3v) is 2.20. The van der Waals surface area contributed by atoms with E-state index < -0.39 is 5.97 Å². The summed E-state index contributed by atoms with van der Waals surface area (Å²) in [6.07, 6.45) is 1.32. The van der Waals surface area contributed by atoms with Gasteiger partial charge in [-0.15, -0.1) is 0 Å². The normalized spacial score (nSPS) is 9.47. The molecule has 0 spiro atoms. The molecule has 0 N–H and O–H groups in total. The molecule has 0 amide bonds. The minimum atomic E-state index is -0.563. The number of aromatic nitrogens is 1. The van der Waals surface area contributed by atoms with Crippen LogP contribution in [-0.4, -0.2) is 17.6 Å². The Balaban J connectivity index is 3.23. The first kappa shape index (κ1) is 11.5. The zero-order chi connectivity index (χ0) is 11.4. The lowest BCUT2D eigenvalue weighted by Crippen LogP contribution is -2.07. The lowest BCUT2D eigenvalue weighted by molar-refractivity contribution is 0.0526. The van der Waals surface area contributed by atoms with Gasteiger partial charge in [0, 0.05) is 6.20 Å². The molecule has 0 saturated carbocycles. The van der Waals surface area contributed by atoms with Crippen LogP contribution in [0.15, 0.2) is 6.20 Å². The summed E-state index contributed by atoms with van der Waals surface area (Å²) in [7, 11) is 0. The highest BCUT2D eigenvalue weighted by Crippen LogP contribution is 2.22. The zero-order valence-corrected chi connectivity index (χ0v) is 9.13. The average molecular weight is 225 g/mol. The first-order valence-electron chi connectivity index (χ1n) is 4.34. The molecule has 1 heterocycles. The maximum absolute atomic E-state index is 11.4. The Bertz CT molecular complexity index is 438. The Hall–Kier alpha value is -1.60. The van der Waals surface area contributed by atoms with Gasteiger partial charge >= 0.3 is 5.97 Å². The van der Waals surface area contributed by atoms with Crippen molar-refractivity contribution >= 4 is 17.6 Å². The number of nitrogens with zero attached hydrogens (tertiary/aromatic N) is 2. The van der Waals surface area contributed by atoms with E-state index in [4.69, 9.17) is 21.6 Å². The smallest absolute Gasteiger partial charge is 0.341 e. The van der Waals surface area contributed by atoms with Crippen LogP contribution in [0.2, 0.25) is 5.02 Å². The minimum absolute atomic E-state index is 0.100. The fourth-order valence-electron chi connectivity index (χ4n) is 1.06. The van der Waals surface area contributed by atoms with Crippen molar-refractivity contribution in [1.29, 1.82) is 5.26 Å². The molecule has 0 fully saturated rings. The van der Waals surface area contributed by atoms with Crippen LogP contribution in [0.4, 0.5) is 0 Å². The van der Waals surface area contributed by atoms with Crippen molar-refractivity contribution in [3.05, 3.63) is 28.0 Å². The molecule has 0 aliphatic rings. The monoisotopic (exact) mass is 224 g/mol. The Morgan fingerprint density at radius 2 is 2.40 bits per heavy atom. The molecule has 0 aliphatic heterocycles. The number of aryl methyl sites for hydroxylation is 1. The van der Waals surface area contributed by atoms with Gasteiger partial charge < -0.3 is 4.74 Å². The highest BCUT2D eigenvalue weighted by atomic mass is 35.5. The molecular formula is C10H9ClN2O2. The van der Waals surface area contributed by atoms with Crippen LogP contribution in [0.5, 0.6) is 0 Å². The van der Waals surface area contributed by atoms with E-state index >= 15 is 0 Å². The number of pyridine rings is 1. The first-order chi connectivity index (χ1) is 7.11. The molecule has 0 atom stereocenters. The summed E-state index contributed by atoms with van der Waals surface area (Å²) in [4.78, 5) is 15.3. The van der Waals surface area contributed by atoms with Gasteiger partial charge in [-0.25, -0.2) is 4.79 Å². The Labute approximate surface area is 92.4 Å². The van der Waals surface area contributed by atoms with Gasteiger partial charge in [-0.05, 0) is 13.8 Å². The van der Waals surface area contributed by atoms with E-state index in [9.17, 15) is 4.79 Å². The fourth-order valence-corrected chi connectivity index (χ4v) is 1.36. The van der Waals surface area contributed by atoms with Gasteiger partial charge in [0.05, 0.1) is 28.5 Å². The van der Waals surface area contributed by atoms with Crippen molar-refractivity contribution in [3.8, 4) is 6.07 Å². The van der Waals surface area contributed by atoms with E-state index in [2.05, 4.69) is 4.98 Å². The van der Waals surface area contributed by atoms with Crippen molar-refractivity contribution in [2.75, 3.05) is 6.61 Å². The van der Waals surface area contributed by atoms with E-state index in [1.54, 1.807) is 13.8 Å². The SMILES string of the molecule is CCOC(=O)c1cnc(C)c(C#N)c1Cl. The van der Waals surface area contributed by atoms with Gasteiger partial charge in [-0.3, -0.25) is 4.98 Å². The number of halogens is 1. The number of rotatable bonds is 2. The summed E-state index contributed by atoms with van der Waals surface area (Å²) in [6.45, 7) is 3.60. The topological polar surface area (TPSA) is 63.0 Å². The molecule has 1 aromatic rings. The number of hydrogen-bond acceptors (Lipinski definition) is 4. The molecule has 1 aromatic heterocycles. The number of esters is 1. The van der Waals surface area contributed by atoms with Crippen LogP contribution in [0.1, 0.15) is 28.5 Å². The molecule has 0 aliphatic carbocycles. The predicted molar refractivity (Wildman–Crippen MR) is 54.7 cm³/mol. The standard InChI is InChI=1S/C10H9ClN2O2/c1-3-15-10(14)8-5-13-6(2)7(4-12)9(8)11/h5H,3H2,1-2H3. The highest BCUT2D eigenvalue weighted by Gasteiger charge is 2.16. The van der Waals surface area contributed by atoms with Gasteiger partial charge in [0.15, 0.2) is 0 Å². The maximum Gasteiger partial charge on any atom is 0.341 e. The fraction of sp³-hybridized carbons (Fsp3) is 0.300. The second-order valence-corrected chi connectivity index (χ2v) is 3.16. The second kappa shape index (κ2) is 4.76. The molecule has 0 saturated heterocycles. The lowest BCUT2D eigenvalue weighted by atomic mass is 10.1. The van der Waals surface area contributed by atoms with E-state index in [0.717, 1.165) is 0 Å². The summed E-state index contributed by atoms with van der Waals surface area (Å²) >= 11 is 5.88. The largest absolute Gasteiger partial charge is 0.462 e. The quantitative estimate of drug-likeness (QED) is 0.722. The number of ether oxygens (including phenoxy) is 1. The Kier molecular flexibility index (Phi) is 3.64. The first-order valence-corrected chi connectivity index (χ1v) is 4.72. The third-order valence-electron chi connectivity index (χ3n) is 1.81. The van der Waals surface area contributed by atoms with E-state index in [0.29, 0.717) is 5.69 Å². The van der Waals surface area contributed by atoms with Gasteiger partial charge in [0.1, 0.15) is 6.07 Å². The third kappa shape index (κ3) is 2.25. The molecular weight excluding hydrogens is 216 g/mol. The second-order valence-electron chi connectivity index (χ2n) is 2.78. The molecule has 15 heavy (non-hydrogen) atoms. The molecule has 0 aromatic carbocycles. The highest BCUT2D eigenvalue weighted by molar-refractivity contribution is 6.34. The summed E-state index contributed by atoms with van der Waals surface area (Å²) < 4.78 is 4.78. The molecule has 1 rings (SSSR count). The Morgan fingerprint density at radius 3 is 2.93 bits per heavy atom. The van der Waals surface area contributed by atoms with Gasteiger partial charge in [0.25, 0.3) is 0 Å². The van der Waals surface area contributed by atoms with Crippen LogP contribution < -0.4 is 0 Å². The van der Waals surface area contributed by atoms with Crippen LogP contribution in [0.3, 0.4) is 0 Å². The number of carbonyl (C=O) groups is 1. The van der Waals surface area contributed by atoms with Gasteiger partial charge in [-0.2, -0.15) is 5.26 Å². The van der Waals surface area contributed by atoms with Crippen LogP contribution in [-0.2, 0) is 4.74 Å². The van der Waals surface area contributed by atoms with Crippen molar-refractivity contribution in [2.45, 2.75) is 13.8 Å². The molecule has 78 valence electrons. The average Bonchev–Trinajstić information content (AvgIpc) is 2.18. The van der Waals surface area contributed by atoms with Crippen molar-refractivity contribution in [1.82, 2.24) is 4.98 Å².